The Labute approximate surface area is 439 Å². The molecule has 4 heterocycles. The van der Waals surface area contributed by atoms with Gasteiger partial charge < -0.3 is 109 Å². The lowest BCUT2D eigenvalue weighted by Crippen LogP contribution is -2.66. The van der Waals surface area contributed by atoms with Crippen molar-refractivity contribution in [1.29, 1.82) is 0 Å². The fourth-order valence-corrected chi connectivity index (χ4v) is 15.5. The Kier molecular flexibility index (Phi) is 18.4. The minimum absolute atomic E-state index is 0.103. The van der Waals surface area contributed by atoms with Crippen LogP contribution in [0.15, 0.2) is 11.6 Å². The van der Waals surface area contributed by atoms with Crippen LogP contribution in [0.1, 0.15) is 113 Å². The third kappa shape index (κ3) is 10.8. The van der Waals surface area contributed by atoms with E-state index in [4.69, 9.17) is 37.9 Å². The van der Waals surface area contributed by atoms with Gasteiger partial charge in [-0.2, -0.15) is 0 Å². The van der Waals surface area contributed by atoms with E-state index < -0.39 is 166 Å². The summed E-state index contributed by atoms with van der Waals surface area (Å²) in [6.07, 6.45) is -23.4. The molecule has 0 aromatic rings. The standard InChI is InChI=1S/C53H90O22/c1-22(2)10-9-15-53(8,75-48-44(67)40(63)37(60)31(72-48)21-68-46-42(65)38(61)34(57)23(3)69-46)26-14-17-52(7)33(26)28(56)18-27-24-11-12-32(50(4,5)25(24)13-16-51(27,52)6)73-49-45(41(64)36(59)30(20-55)71-49)74-47-43(66)39(62)35(58)29(19-54)70-47/h10,23-49,54-67H,9,11-21H2,1-8H3. The molecule has 4 aliphatic carbocycles. The number of ether oxygens (including phenoxy) is 8. The molecule has 4 saturated heterocycles. The molecule has 22 heteroatoms. The summed E-state index contributed by atoms with van der Waals surface area (Å²) in [4.78, 5) is 0. The average Bonchev–Trinajstić information content (AvgIpc) is 3.76. The van der Waals surface area contributed by atoms with Gasteiger partial charge in [0.2, 0.25) is 0 Å². The van der Waals surface area contributed by atoms with Crippen LogP contribution in [0.25, 0.3) is 0 Å². The zero-order valence-electron chi connectivity index (χ0n) is 44.7. The van der Waals surface area contributed by atoms with Gasteiger partial charge in [-0.3, -0.25) is 0 Å². The zero-order chi connectivity index (χ0) is 55.0. The first kappa shape index (κ1) is 60.0. The topological polar surface area (TPSA) is 357 Å². The highest BCUT2D eigenvalue weighted by Gasteiger charge is 2.70. The normalized spacial score (nSPS) is 52.7. The summed E-state index contributed by atoms with van der Waals surface area (Å²) in [5, 5.41) is 152. The highest BCUT2D eigenvalue weighted by Crippen LogP contribution is 2.73. The van der Waals surface area contributed by atoms with Crippen LogP contribution in [0.3, 0.4) is 0 Å². The number of aliphatic hydroxyl groups is 14. The summed E-state index contributed by atoms with van der Waals surface area (Å²) in [6.45, 7) is 14.6. The Bertz CT molecular complexity index is 1930. The van der Waals surface area contributed by atoms with Gasteiger partial charge in [-0.25, -0.2) is 0 Å². The third-order valence-electron chi connectivity index (χ3n) is 20.3. The van der Waals surface area contributed by atoms with E-state index >= 15 is 0 Å². The highest BCUT2D eigenvalue weighted by molar-refractivity contribution is 5.18. The molecule has 8 rings (SSSR count). The third-order valence-corrected chi connectivity index (χ3v) is 20.3. The molecule has 22 nitrogen and oxygen atoms in total. The maximum atomic E-state index is 12.7. The molecule has 75 heavy (non-hydrogen) atoms. The molecule has 4 aliphatic heterocycles. The van der Waals surface area contributed by atoms with Crippen molar-refractivity contribution in [2.75, 3.05) is 19.8 Å². The predicted octanol–water partition coefficient (Wildman–Crippen LogP) is -1.57. The average molecular weight is 1080 g/mol. The van der Waals surface area contributed by atoms with Crippen LogP contribution < -0.4 is 0 Å². The SMILES string of the molecule is CC(C)=CCCC(C)(OC1OC(COC2OC(C)C(O)C(O)C2O)C(O)C(O)C1O)C1CCC2(C)C1C(O)CC1C3CCC(OC4OC(CO)C(O)C(O)C4OC4OC(CO)C(O)C(O)C4O)C(C)(C)C3CCC12C. The van der Waals surface area contributed by atoms with E-state index in [1.165, 1.54) is 6.92 Å². The van der Waals surface area contributed by atoms with E-state index in [0.29, 0.717) is 32.1 Å². The van der Waals surface area contributed by atoms with E-state index in [0.717, 1.165) is 31.3 Å². The van der Waals surface area contributed by atoms with Crippen LogP contribution in [0.2, 0.25) is 0 Å². The monoisotopic (exact) mass is 1080 g/mol. The number of fused-ring (bicyclic) bond motifs is 5. The molecule has 0 bridgehead atoms. The Morgan fingerprint density at radius 3 is 1.79 bits per heavy atom. The number of hydrogen-bond acceptors (Lipinski definition) is 22. The smallest absolute Gasteiger partial charge is 0.187 e. The van der Waals surface area contributed by atoms with Gasteiger partial charge in [0.15, 0.2) is 25.2 Å². The van der Waals surface area contributed by atoms with E-state index in [9.17, 15) is 71.5 Å². The van der Waals surface area contributed by atoms with Crippen LogP contribution in [0.5, 0.6) is 0 Å². The van der Waals surface area contributed by atoms with Gasteiger partial charge in [0.05, 0.1) is 43.7 Å². The van der Waals surface area contributed by atoms with Crippen molar-refractivity contribution in [3.05, 3.63) is 11.6 Å². The van der Waals surface area contributed by atoms with Crippen molar-refractivity contribution in [3.8, 4) is 0 Å². The molecular formula is C53H90O22. The quantitative estimate of drug-likeness (QED) is 0.0651. The Morgan fingerprint density at radius 1 is 0.587 bits per heavy atom. The predicted molar refractivity (Wildman–Crippen MR) is 260 cm³/mol. The minimum atomic E-state index is -1.81. The fourth-order valence-electron chi connectivity index (χ4n) is 15.5. The maximum absolute atomic E-state index is 12.7. The molecule has 0 aromatic carbocycles. The fraction of sp³-hybridized carbons (Fsp3) is 0.962. The molecule has 14 N–H and O–H groups in total. The molecular weight excluding hydrogens is 989 g/mol. The molecule has 0 radical (unpaired) electrons. The van der Waals surface area contributed by atoms with Crippen LogP contribution in [0, 0.1) is 45.8 Å². The summed E-state index contributed by atoms with van der Waals surface area (Å²) in [5.74, 6) is -0.0990. The zero-order valence-corrected chi connectivity index (χ0v) is 44.7. The van der Waals surface area contributed by atoms with Crippen molar-refractivity contribution < 1.29 is 109 Å². The van der Waals surface area contributed by atoms with Gasteiger partial charge in [-0.15, -0.1) is 0 Å². The van der Waals surface area contributed by atoms with Crippen molar-refractivity contribution in [3.63, 3.8) is 0 Å². The first-order chi connectivity index (χ1) is 35.1. The van der Waals surface area contributed by atoms with Crippen molar-refractivity contribution in [2.45, 2.75) is 254 Å². The number of rotatable bonds is 15. The van der Waals surface area contributed by atoms with Gasteiger partial charge in [0.25, 0.3) is 0 Å². The number of allylic oxidation sites excluding steroid dienone is 2. The number of aliphatic hydroxyl groups excluding tert-OH is 14. The van der Waals surface area contributed by atoms with Gasteiger partial charge in [-0.05, 0) is 131 Å². The van der Waals surface area contributed by atoms with E-state index in [2.05, 4.69) is 33.8 Å². The maximum Gasteiger partial charge on any atom is 0.187 e. The molecule has 0 spiro atoms. The summed E-state index contributed by atoms with van der Waals surface area (Å²) in [6, 6.07) is 0. The molecule has 8 aliphatic rings. The molecule has 0 amide bonds. The molecule has 4 saturated carbocycles. The second kappa shape index (κ2) is 23.0. The second-order valence-corrected chi connectivity index (χ2v) is 25.0. The second-order valence-electron chi connectivity index (χ2n) is 25.0. The molecule has 30 atom stereocenters. The van der Waals surface area contributed by atoms with Gasteiger partial charge >= 0.3 is 0 Å². The van der Waals surface area contributed by atoms with Crippen LogP contribution >= 0.6 is 0 Å². The molecule has 0 aromatic heterocycles. The lowest BCUT2D eigenvalue weighted by molar-refractivity contribution is -0.377. The minimum Gasteiger partial charge on any atom is -0.394 e. The van der Waals surface area contributed by atoms with Crippen LogP contribution in [0.4, 0.5) is 0 Å². The van der Waals surface area contributed by atoms with Crippen molar-refractivity contribution in [2.24, 2.45) is 45.8 Å². The Morgan fingerprint density at radius 2 is 1.15 bits per heavy atom. The molecule has 434 valence electrons. The van der Waals surface area contributed by atoms with E-state index in [1.54, 1.807) is 0 Å². The lowest BCUT2D eigenvalue weighted by Gasteiger charge is -2.67. The van der Waals surface area contributed by atoms with Gasteiger partial charge in [0.1, 0.15) is 91.6 Å². The van der Waals surface area contributed by atoms with Crippen molar-refractivity contribution in [1.82, 2.24) is 0 Å². The van der Waals surface area contributed by atoms with E-state index in [1.807, 2.05) is 20.8 Å². The van der Waals surface area contributed by atoms with Gasteiger partial charge in [-0.1, -0.05) is 39.3 Å². The molecule has 8 fully saturated rings. The summed E-state index contributed by atoms with van der Waals surface area (Å²) >= 11 is 0. The van der Waals surface area contributed by atoms with Crippen molar-refractivity contribution >= 4 is 0 Å². The lowest BCUT2D eigenvalue weighted by atomic mass is 9.39. The largest absolute Gasteiger partial charge is 0.394 e. The summed E-state index contributed by atoms with van der Waals surface area (Å²) in [7, 11) is 0. The first-order valence-electron chi connectivity index (χ1n) is 27.4. The van der Waals surface area contributed by atoms with E-state index in [-0.39, 0.29) is 40.4 Å². The highest BCUT2D eigenvalue weighted by atomic mass is 16.8. The van der Waals surface area contributed by atoms with Crippen LogP contribution in [-0.2, 0) is 37.9 Å². The summed E-state index contributed by atoms with van der Waals surface area (Å²) < 4.78 is 49.0. The summed E-state index contributed by atoms with van der Waals surface area (Å²) in [5.41, 5.74) is -1.07. The van der Waals surface area contributed by atoms with Gasteiger partial charge in [0, 0.05) is 0 Å². The van der Waals surface area contributed by atoms with Crippen LogP contribution in [-0.4, -0.2) is 232 Å². The Hall–Kier alpha value is -1.14. The first-order valence-corrected chi connectivity index (χ1v) is 27.4. The number of hydrogen-bond donors (Lipinski definition) is 14. The molecule has 30 unspecified atom stereocenters. The Balaban J connectivity index is 0.993.